The molecule has 0 aromatic heterocycles. The molecule has 2 heterocycles. The molecular weight excluding hydrogens is 196 g/mol. The Morgan fingerprint density at radius 2 is 2.06 bits per heavy atom. The first-order chi connectivity index (χ1) is 7.83. The number of likely N-dealkylation sites (N-methyl/N-ethyl adjacent to an activating group) is 1. The van der Waals surface area contributed by atoms with Gasteiger partial charge in [-0.1, -0.05) is 30.3 Å². The van der Waals surface area contributed by atoms with E-state index in [1.54, 1.807) is 5.56 Å². The zero-order chi connectivity index (χ0) is 11.0. The second kappa shape index (κ2) is 3.86. The van der Waals surface area contributed by atoms with Crippen molar-refractivity contribution in [2.24, 2.45) is 0 Å². The van der Waals surface area contributed by atoms with Gasteiger partial charge in [0, 0.05) is 18.0 Å². The normalized spacial score (nSPS) is 34.9. The third-order valence-corrected chi connectivity index (χ3v) is 4.51. The van der Waals surface area contributed by atoms with Crippen molar-refractivity contribution in [3.63, 3.8) is 0 Å². The Bertz CT molecular complexity index is 358. The molecule has 1 N–H and O–H groups in total. The van der Waals surface area contributed by atoms with Crippen molar-refractivity contribution in [3.05, 3.63) is 35.9 Å². The van der Waals surface area contributed by atoms with Crippen molar-refractivity contribution in [3.8, 4) is 0 Å². The molecular formula is C14H20N2. The summed E-state index contributed by atoms with van der Waals surface area (Å²) in [5, 5.41) is 3.54. The van der Waals surface area contributed by atoms with Gasteiger partial charge in [-0.15, -0.1) is 0 Å². The molecule has 2 atom stereocenters. The molecule has 3 rings (SSSR count). The van der Waals surface area contributed by atoms with Gasteiger partial charge in [0.1, 0.15) is 0 Å². The van der Waals surface area contributed by atoms with Crippen molar-refractivity contribution in [1.82, 2.24) is 10.2 Å². The lowest BCUT2D eigenvalue weighted by atomic mass is 9.70. The van der Waals surface area contributed by atoms with Crippen LogP contribution in [0.5, 0.6) is 0 Å². The van der Waals surface area contributed by atoms with E-state index >= 15 is 0 Å². The molecule has 0 bridgehead atoms. The monoisotopic (exact) mass is 216 g/mol. The standard InChI is InChI=1S/C14H20N2/c1-16-10-8-14(7-9-15-11-13(14)16)12-5-3-2-4-6-12/h2-6,13,15H,7-11H2,1H3. The van der Waals surface area contributed by atoms with Crippen LogP contribution in [0.4, 0.5) is 0 Å². The molecule has 2 heteroatoms. The van der Waals surface area contributed by atoms with E-state index < -0.39 is 0 Å². The van der Waals surface area contributed by atoms with Gasteiger partial charge in [0.25, 0.3) is 0 Å². The maximum atomic E-state index is 3.54. The van der Waals surface area contributed by atoms with Gasteiger partial charge in [-0.25, -0.2) is 0 Å². The lowest BCUT2D eigenvalue weighted by Gasteiger charge is -2.42. The highest BCUT2D eigenvalue weighted by Crippen LogP contribution is 2.43. The molecule has 0 radical (unpaired) electrons. The maximum absolute atomic E-state index is 3.54. The second-order valence-electron chi connectivity index (χ2n) is 5.22. The minimum atomic E-state index is 0.418. The molecule has 0 spiro atoms. The molecule has 86 valence electrons. The van der Waals surface area contributed by atoms with Crippen LogP contribution in [-0.2, 0) is 5.41 Å². The van der Waals surface area contributed by atoms with E-state index in [1.165, 1.54) is 25.9 Å². The molecule has 2 nitrogen and oxygen atoms in total. The predicted octanol–water partition coefficient (Wildman–Crippen LogP) is 1.62. The zero-order valence-corrected chi connectivity index (χ0v) is 9.95. The first-order valence-corrected chi connectivity index (χ1v) is 6.29. The number of likely N-dealkylation sites (tertiary alicyclic amines) is 1. The third kappa shape index (κ3) is 1.40. The number of fused-ring (bicyclic) bond motifs is 1. The van der Waals surface area contributed by atoms with Crippen molar-refractivity contribution < 1.29 is 0 Å². The fourth-order valence-corrected chi connectivity index (χ4v) is 3.56. The zero-order valence-electron chi connectivity index (χ0n) is 9.95. The second-order valence-corrected chi connectivity index (χ2v) is 5.22. The smallest absolute Gasteiger partial charge is 0.0315 e. The van der Waals surface area contributed by atoms with E-state index in [0.717, 1.165) is 6.54 Å². The Balaban J connectivity index is 2.01. The Morgan fingerprint density at radius 1 is 1.25 bits per heavy atom. The highest BCUT2D eigenvalue weighted by atomic mass is 15.2. The fourth-order valence-electron chi connectivity index (χ4n) is 3.56. The van der Waals surface area contributed by atoms with Gasteiger partial charge >= 0.3 is 0 Å². The largest absolute Gasteiger partial charge is 0.315 e. The Hall–Kier alpha value is -0.860. The predicted molar refractivity (Wildman–Crippen MR) is 66.6 cm³/mol. The fraction of sp³-hybridized carbons (Fsp3) is 0.571. The van der Waals surface area contributed by atoms with Gasteiger partial charge in [-0.2, -0.15) is 0 Å². The summed E-state index contributed by atoms with van der Waals surface area (Å²) in [5.41, 5.74) is 1.97. The van der Waals surface area contributed by atoms with Crippen LogP contribution in [0.1, 0.15) is 18.4 Å². The molecule has 1 aromatic carbocycles. The maximum Gasteiger partial charge on any atom is 0.0315 e. The van der Waals surface area contributed by atoms with Crippen LogP contribution < -0.4 is 5.32 Å². The van der Waals surface area contributed by atoms with E-state index in [4.69, 9.17) is 0 Å². The Morgan fingerprint density at radius 3 is 2.88 bits per heavy atom. The summed E-state index contributed by atoms with van der Waals surface area (Å²) < 4.78 is 0. The molecule has 0 amide bonds. The molecule has 2 fully saturated rings. The minimum Gasteiger partial charge on any atom is -0.315 e. The molecule has 0 saturated carbocycles. The summed E-state index contributed by atoms with van der Waals surface area (Å²) in [5.74, 6) is 0. The van der Waals surface area contributed by atoms with Crippen molar-refractivity contribution >= 4 is 0 Å². The average Bonchev–Trinajstić information content (AvgIpc) is 2.70. The summed E-state index contributed by atoms with van der Waals surface area (Å²) in [7, 11) is 2.27. The number of benzene rings is 1. The highest BCUT2D eigenvalue weighted by Gasteiger charge is 2.47. The first-order valence-electron chi connectivity index (χ1n) is 6.29. The lowest BCUT2D eigenvalue weighted by molar-refractivity contribution is 0.196. The van der Waals surface area contributed by atoms with Crippen LogP contribution >= 0.6 is 0 Å². The molecule has 2 aliphatic heterocycles. The van der Waals surface area contributed by atoms with E-state index in [2.05, 4.69) is 47.6 Å². The van der Waals surface area contributed by atoms with Crippen molar-refractivity contribution in [2.45, 2.75) is 24.3 Å². The van der Waals surface area contributed by atoms with Gasteiger partial charge in [0.05, 0.1) is 0 Å². The number of nitrogens with zero attached hydrogens (tertiary/aromatic N) is 1. The topological polar surface area (TPSA) is 15.3 Å². The van der Waals surface area contributed by atoms with Gasteiger partial charge < -0.3 is 10.2 Å². The third-order valence-electron chi connectivity index (χ3n) is 4.51. The van der Waals surface area contributed by atoms with Gasteiger partial charge in [-0.05, 0) is 38.5 Å². The number of hydrogen-bond donors (Lipinski definition) is 1. The molecule has 1 aromatic rings. The first kappa shape index (κ1) is 10.3. The molecule has 2 aliphatic rings. The molecule has 2 unspecified atom stereocenters. The summed E-state index contributed by atoms with van der Waals surface area (Å²) in [6.45, 7) is 3.55. The van der Waals surface area contributed by atoms with Crippen molar-refractivity contribution in [1.29, 1.82) is 0 Å². The minimum absolute atomic E-state index is 0.418. The quantitative estimate of drug-likeness (QED) is 0.767. The molecule has 2 saturated heterocycles. The SMILES string of the molecule is CN1CCC2(c3ccccc3)CCNCC12. The van der Waals surface area contributed by atoms with Crippen LogP contribution in [0.3, 0.4) is 0 Å². The van der Waals surface area contributed by atoms with Gasteiger partial charge in [-0.3, -0.25) is 0 Å². The Labute approximate surface area is 97.6 Å². The Kier molecular flexibility index (Phi) is 2.49. The van der Waals surface area contributed by atoms with E-state index in [1.807, 2.05) is 0 Å². The van der Waals surface area contributed by atoms with E-state index in [0.29, 0.717) is 11.5 Å². The number of hydrogen-bond acceptors (Lipinski definition) is 2. The molecule has 0 aliphatic carbocycles. The van der Waals surface area contributed by atoms with Gasteiger partial charge in [0.2, 0.25) is 0 Å². The van der Waals surface area contributed by atoms with E-state index in [9.17, 15) is 0 Å². The van der Waals surface area contributed by atoms with Crippen LogP contribution in [0.2, 0.25) is 0 Å². The average molecular weight is 216 g/mol. The summed E-state index contributed by atoms with van der Waals surface area (Å²) in [6, 6.07) is 11.8. The lowest BCUT2D eigenvalue weighted by Crippen LogP contribution is -2.53. The van der Waals surface area contributed by atoms with Gasteiger partial charge in [0.15, 0.2) is 0 Å². The number of piperidine rings is 1. The van der Waals surface area contributed by atoms with E-state index in [-0.39, 0.29) is 0 Å². The number of nitrogens with one attached hydrogen (secondary N) is 1. The van der Waals surface area contributed by atoms with Crippen LogP contribution in [0.25, 0.3) is 0 Å². The summed E-state index contributed by atoms with van der Waals surface area (Å²) in [6.07, 6.45) is 2.60. The number of rotatable bonds is 1. The summed E-state index contributed by atoms with van der Waals surface area (Å²) in [4.78, 5) is 2.53. The van der Waals surface area contributed by atoms with Crippen LogP contribution in [0, 0.1) is 0 Å². The van der Waals surface area contributed by atoms with Crippen LogP contribution in [-0.4, -0.2) is 37.6 Å². The molecule has 16 heavy (non-hydrogen) atoms. The van der Waals surface area contributed by atoms with Crippen molar-refractivity contribution in [2.75, 3.05) is 26.7 Å². The van der Waals surface area contributed by atoms with Crippen LogP contribution in [0.15, 0.2) is 30.3 Å². The summed E-state index contributed by atoms with van der Waals surface area (Å²) >= 11 is 0. The highest BCUT2D eigenvalue weighted by molar-refractivity contribution is 5.31.